The lowest BCUT2D eigenvalue weighted by Gasteiger charge is -2.41. The number of phenolic OH excluding ortho intramolecular Hbond substituents is 1. The zero-order valence-electron chi connectivity index (χ0n) is 37.4. The Bertz CT molecular complexity index is 2580. The molecule has 17 heteroatoms. The summed E-state index contributed by atoms with van der Waals surface area (Å²) in [5.41, 5.74) is 8.10. The monoisotopic (exact) mass is 902 g/mol. The van der Waals surface area contributed by atoms with Gasteiger partial charge in [0.15, 0.2) is 11.4 Å². The largest absolute Gasteiger partial charge is 0.507 e. The summed E-state index contributed by atoms with van der Waals surface area (Å²) < 4.78 is 11.7. The molecule has 4 atom stereocenters. The number of rotatable bonds is 16. The van der Waals surface area contributed by atoms with Gasteiger partial charge in [0.05, 0.1) is 33.9 Å². The number of nitrogens with zero attached hydrogens (tertiary/aromatic N) is 8. The summed E-state index contributed by atoms with van der Waals surface area (Å²) in [6.45, 7) is 17.0. The number of carbonyl (C=O) groups excluding carboxylic acids is 2. The maximum atomic E-state index is 14.2. The minimum absolute atomic E-state index is 0.0636. The number of piperazine rings is 1. The van der Waals surface area contributed by atoms with Gasteiger partial charge in [0, 0.05) is 100 Å². The van der Waals surface area contributed by atoms with Crippen molar-refractivity contribution in [1.29, 1.82) is 0 Å². The number of benzene rings is 2. The van der Waals surface area contributed by atoms with Gasteiger partial charge in [-0.2, -0.15) is 0 Å². The average molecular weight is 903 g/mol. The number of carbonyl (C=O) groups is 2. The van der Waals surface area contributed by atoms with Crippen LogP contribution >= 0.6 is 11.3 Å². The van der Waals surface area contributed by atoms with E-state index in [-0.39, 0.29) is 42.5 Å². The van der Waals surface area contributed by atoms with E-state index in [0.29, 0.717) is 35.4 Å². The van der Waals surface area contributed by atoms with Crippen molar-refractivity contribution < 1.29 is 29.1 Å². The summed E-state index contributed by atoms with van der Waals surface area (Å²) in [7, 11) is 0. The van der Waals surface area contributed by atoms with Crippen LogP contribution in [0.3, 0.4) is 0 Å². The van der Waals surface area contributed by atoms with Crippen LogP contribution in [-0.4, -0.2) is 151 Å². The van der Waals surface area contributed by atoms with Gasteiger partial charge in [0.2, 0.25) is 11.8 Å². The van der Waals surface area contributed by atoms with E-state index >= 15 is 0 Å². The Kier molecular flexibility index (Phi) is 13.3. The number of aromatic nitrogens is 5. The number of phenols is 1. The fourth-order valence-electron chi connectivity index (χ4n) is 9.34. The molecule has 0 spiro atoms. The van der Waals surface area contributed by atoms with Crippen LogP contribution in [0.4, 0.5) is 0 Å². The molecular weight excluding hydrogens is 845 g/mol. The Morgan fingerprint density at radius 1 is 0.938 bits per heavy atom. The molecule has 4 N–H and O–H groups in total. The third-order valence-corrected chi connectivity index (χ3v) is 14.2. The number of fused-ring (bicyclic) bond motifs is 1. The lowest BCUT2D eigenvalue weighted by atomic mass is 9.91. The van der Waals surface area contributed by atoms with Crippen LogP contribution in [0.1, 0.15) is 67.8 Å². The average Bonchev–Trinajstić information content (AvgIpc) is 4.11. The van der Waals surface area contributed by atoms with E-state index in [1.54, 1.807) is 29.5 Å². The molecule has 9 rings (SSSR count). The highest BCUT2D eigenvalue weighted by atomic mass is 32.1. The van der Waals surface area contributed by atoms with Crippen molar-refractivity contribution in [2.75, 3.05) is 72.1 Å². The van der Waals surface area contributed by atoms with Crippen molar-refractivity contribution in [1.82, 2.24) is 50.2 Å². The minimum atomic E-state index is -0.816. The highest BCUT2D eigenvalue weighted by Gasteiger charge is 2.43. The number of likely N-dealkylation sites (tertiary alicyclic amines) is 2. The summed E-state index contributed by atoms with van der Waals surface area (Å²) in [5, 5.41) is 37.9. The third-order valence-electron chi connectivity index (χ3n) is 13.2. The molecule has 0 unspecified atom stereocenters. The van der Waals surface area contributed by atoms with Crippen LogP contribution in [0.2, 0.25) is 0 Å². The first kappa shape index (κ1) is 44.5. The van der Waals surface area contributed by atoms with Gasteiger partial charge in [-0.3, -0.25) is 19.4 Å². The first-order chi connectivity index (χ1) is 31.5. The molecular formula is C48H58N10O6S. The second-order valence-electron chi connectivity index (χ2n) is 18.1. The highest BCUT2D eigenvalue weighted by Crippen LogP contribution is 2.35. The predicted octanol–water partition coefficient (Wildman–Crippen LogP) is 5.43. The van der Waals surface area contributed by atoms with Gasteiger partial charge in [0.25, 0.3) is 5.88 Å². The van der Waals surface area contributed by atoms with Crippen LogP contribution in [-0.2, 0) is 9.59 Å². The molecule has 2 amide bonds. The molecule has 0 bridgehead atoms. The van der Waals surface area contributed by atoms with Crippen LogP contribution in [0.5, 0.6) is 11.6 Å². The number of H-pyrrole nitrogens is 1. The lowest BCUT2D eigenvalue weighted by Crippen LogP contribution is -2.52. The van der Waals surface area contributed by atoms with E-state index in [0.717, 1.165) is 91.6 Å². The van der Waals surface area contributed by atoms with E-state index in [1.807, 2.05) is 75.7 Å². The van der Waals surface area contributed by atoms with Crippen molar-refractivity contribution in [3.63, 3.8) is 0 Å². The quantitative estimate of drug-likeness (QED) is 0.0965. The zero-order valence-corrected chi connectivity index (χ0v) is 38.2. The third kappa shape index (κ3) is 9.94. The van der Waals surface area contributed by atoms with E-state index in [4.69, 9.17) is 9.26 Å². The van der Waals surface area contributed by atoms with Gasteiger partial charge < -0.3 is 39.6 Å². The van der Waals surface area contributed by atoms with Gasteiger partial charge in [-0.15, -0.1) is 21.5 Å². The second kappa shape index (κ2) is 19.4. The molecule has 3 aliphatic rings. The standard InChI is InChI=1S/C48H58N10O6S/c1-29(2)44(48(62)58-27-36(59)23-40(58)47(61)50-30(3)32-9-11-33(12-10-32)45-31(4)49-28-65-45)42-24-43(54-64-42)63-20-19-56-15-13-55(14-16-56)17-18-57-25-35(26-57)38-21-34-22-39(52-53-46(34)51-38)37-7-5-6-8-41(37)60/h5-12,21-22,24,28-30,35-36,40,44,59-60H,13-20,23,25-27H2,1-4H3,(H,50,61)(H,51,53)/t30-,36+,40-,44+/m0/s1. The summed E-state index contributed by atoms with van der Waals surface area (Å²) in [5.74, 6) is -0.129. The van der Waals surface area contributed by atoms with Crippen molar-refractivity contribution in [3.8, 4) is 33.3 Å². The number of hydrogen-bond acceptors (Lipinski definition) is 14. The topological polar surface area (TPSA) is 189 Å². The summed E-state index contributed by atoms with van der Waals surface area (Å²) in [6, 6.07) is 19.9. The molecule has 3 fully saturated rings. The number of aryl methyl sites for hydroxylation is 1. The first-order valence-electron chi connectivity index (χ1n) is 22.7. The minimum Gasteiger partial charge on any atom is -0.507 e. The molecule has 3 saturated heterocycles. The smallest absolute Gasteiger partial charge is 0.254 e. The second-order valence-corrected chi connectivity index (χ2v) is 18.9. The van der Waals surface area contributed by atoms with Gasteiger partial charge in [-0.05, 0) is 60.3 Å². The number of aliphatic hydroxyl groups is 1. The summed E-state index contributed by atoms with van der Waals surface area (Å²) in [6.07, 6.45) is -0.656. The maximum absolute atomic E-state index is 14.2. The number of thiazole rings is 1. The van der Waals surface area contributed by atoms with Crippen molar-refractivity contribution in [3.05, 3.63) is 95.0 Å². The molecule has 0 aliphatic carbocycles. The molecule has 342 valence electrons. The predicted molar refractivity (Wildman–Crippen MR) is 248 cm³/mol. The number of ether oxygens (including phenoxy) is 1. The molecule has 0 saturated carbocycles. The summed E-state index contributed by atoms with van der Waals surface area (Å²) in [4.78, 5) is 45.7. The maximum Gasteiger partial charge on any atom is 0.254 e. The Labute approximate surface area is 382 Å². The van der Waals surface area contributed by atoms with Crippen molar-refractivity contribution >= 4 is 34.2 Å². The molecule has 65 heavy (non-hydrogen) atoms. The molecule has 4 aromatic heterocycles. The molecule has 0 radical (unpaired) electrons. The van der Waals surface area contributed by atoms with Gasteiger partial charge >= 0.3 is 0 Å². The van der Waals surface area contributed by atoms with Crippen LogP contribution < -0.4 is 10.1 Å². The van der Waals surface area contributed by atoms with Crippen LogP contribution in [0.15, 0.2) is 76.8 Å². The van der Waals surface area contributed by atoms with Gasteiger partial charge in [-0.25, -0.2) is 4.98 Å². The Hall–Kier alpha value is -5.72. The number of nitrogens with one attached hydrogen (secondary N) is 2. The SMILES string of the molecule is Cc1ncsc1-c1ccc([C@H](C)NC(=O)[C@@H]2C[C@@H](O)CN2C(=O)[C@@H](c2cc(OCCN3CCN(CCN4CC(c5cc6cc(-c7ccccc7O)nnc6[nH]5)C4)CC3)no2)C(C)C)cc1. The molecule has 7 heterocycles. The van der Waals surface area contributed by atoms with E-state index in [2.05, 4.69) is 51.4 Å². The van der Waals surface area contributed by atoms with E-state index in [9.17, 15) is 19.8 Å². The fourth-order valence-corrected chi connectivity index (χ4v) is 10.2. The Balaban J connectivity index is 0.699. The number of aliphatic hydroxyl groups excluding tert-OH is 1. The van der Waals surface area contributed by atoms with E-state index < -0.39 is 18.1 Å². The number of β-amino-alcohol motifs (C(OH)–C–C–N with tert-alkyl or cyclic N) is 1. The van der Waals surface area contributed by atoms with Crippen molar-refractivity contribution in [2.24, 2.45) is 5.92 Å². The summed E-state index contributed by atoms with van der Waals surface area (Å²) >= 11 is 1.59. The van der Waals surface area contributed by atoms with Gasteiger partial charge in [-0.1, -0.05) is 50.2 Å². The van der Waals surface area contributed by atoms with Crippen LogP contribution in [0.25, 0.3) is 32.7 Å². The molecule has 3 aliphatic heterocycles. The normalized spacial score (nSPS) is 19.8. The molecule has 2 aromatic carbocycles. The number of aromatic hydroxyl groups is 1. The lowest BCUT2D eigenvalue weighted by molar-refractivity contribution is -0.141. The Morgan fingerprint density at radius 3 is 2.40 bits per heavy atom. The number of hydrogen-bond donors (Lipinski definition) is 4. The van der Waals surface area contributed by atoms with Gasteiger partial charge in [0.1, 0.15) is 24.3 Å². The first-order valence-corrected chi connectivity index (χ1v) is 23.6. The van der Waals surface area contributed by atoms with Crippen LogP contribution in [0, 0.1) is 12.8 Å². The fraction of sp³-hybridized carbons (Fsp3) is 0.458. The number of aromatic amines is 1. The highest BCUT2D eigenvalue weighted by molar-refractivity contribution is 7.13. The number of amides is 2. The Morgan fingerprint density at radius 2 is 1.68 bits per heavy atom. The van der Waals surface area contributed by atoms with Crippen molar-refractivity contribution in [2.45, 2.75) is 64.1 Å². The van der Waals surface area contributed by atoms with E-state index in [1.165, 1.54) is 10.6 Å². The molecule has 6 aromatic rings. The molecule has 16 nitrogen and oxygen atoms in total. The zero-order chi connectivity index (χ0) is 45.2. The number of para-hydroxylation sites is 1.